The zero-order valence-electron chi connectivity index (χ0n) is 18.6. The molecule has 0 spiro atoms. The van der Waals surface area contributed by atoms with Crippen LogP contribution >= 0.6 is 0 Å². The largest absolute Gasteiger partial charge is 0.338 e. The van der Waals surface area contributed by atoms with Crippen molar-refractivity contribution in [1.29, 1.82) is 0 Å². The number of benzene rings is 2. The van der Waals surface area contributed by atoms with Gasteiger partial charge in [-0.25, -0.2) is 0 Å². The number of rotatable bonds is 14. The van der Waals surface area contributed by atoms with Crippen LogP contribution < -0.4 is 0 Å². The maximum Gasteiger partial charge on any atom is 0.225 e. The van der Waals surface area contributed by atoms with Gasteiger partial charge in [-0.1, -0.05) is 106 Å². The molecule has 0 aliphatic heterocycles. The zero-order valence-corrected chi connectivity index (χ0v) is 18.6. The van der Waals surface area contributed by atoms with E-state index in [0.717, 1.165) is 32.4 Å². The standard InChI is InChI=1S/C28H39NO/c30-28(27-21-15-22-27)29(24-26-19-12-8-13-20-26)23-14-6-4-2-1-3-5-9-16-25-17-10-7-11-18-25/h7-8,10-13,17-20,27H,1-6,9,14-16,21-24H2. The van der Waals surface area contributed by atoms with Gasteiger partial charge in [0.1, 0.15) is 0 Å². The van der Waals surface area contributed by atoms with Crippen LogP contribution in [-0.4, -0.2) is 17.4 Å². The van der Waals surface area contributed by atoms with Crippen LogP contribution in [0.5, 0.6) is 0 Å². The van der Waals surface area contributed by atoms with Crippen LogP contribution in [0.15, 0.2) is 60.7 Å². The second-order valence-electron chi connectivity index (χ2n) is 8.94. The summed E-state index contributed by atoms with van der Waals surface area (Å²) in [6, 6.07) is 21.3. The molecular weight excluding hydrogens is 366 g/mol. The third kappa shape index (κ3) is 7.97. The molecule has 2 nitrogen and oxygen atoms in total. The van der Waals surface area contributed by atoms with E-state index >= 15 is 0 Å². The van der Waals surface area contributed by atoms with Crippen LogP contribution in [0.4, 0.5) is 0 Å². The van der Waals surface area contributed by atoms with E-state index in [1.807, 2.05) is 6.07 Å². The summed E-state index contributed by atoms with van der Waals surface area (Å²) in [6.07, 6.45) is 15.0. The van der Waals surface area contributed by atoms with Crippen molar-refractivity contribution >= 4 is 5.91 Å². The zero-order chi connectivity index (χ0) is 20.9. The monoisotopic (exact) mass is 405 g/mol. The molecule has 30 heavy (non-hydrogen) atoms. The Hall–Kier alpha value is -2.09. The molecule has 0 unspecified atom stereocenters. The lowest BCUT2D eigenvalue weighted by atomic mass is 9.84. The minimum atomic E-state index is 0.296. The fourth-order valence-corrected chi connectivity index (χ4v) is 4.32. The van der Waals surface area contributed by atoms with E-state index in [1.54, 1.807) is 0 Å². The molecule has 0 atom stereocenters. The molecular formula is C28H39NO. The molecule has 1 fully saturated rings. The predicted octanol–water partition coefficient (Wildman–Crippen LogP) is 7.18. The second kappa shape index (κ2) is 13.3. The maximum atomic E-state index is 12.8. The van der Waals surface area contributed by atoms with Crippen molar-refractivity contribution in [2.75, 3.05) is 6.54 Å². The Morgan fingerprint density at radius 3 is 1.80 bits per heavy atom. The Kier molecular flexibility index (Phi) is 9.99. The highest BCUT2D eigenvalue weighted by Crippen LogP contribution is 2.29. The minimum absolute atomic E-state index is 0.296. The number of nitrogens with zero attached hydrogens (tertiary/aromatic N) is 1. The highest BCUT2D eigenvalue weighted by molar-refractivity contribution is 5.79. The molecule has 0 saturated heterocycles. The third-order valence-electron chi connectivity index (χ3n) is 6.47. The fraction of sp³-hybridized carbons (Fsp3) is 0.536. The average molecular weight is 406 g/mol. The van der Waals surface area contributed by atoms with Gasteiger partial charge in [0.25, 0.3) is 0 Å². The van der Waals surface area contributed by atoms with Gasteiger partial charge in [0.05, 0.1) is 0 Å². The number of amides is 1. The summed E-state index contributed by atoms with van der Waals surface area (Å²) in [5.74, 6) is 0.688. The highest BCUT2D eigenvalue weighted by Gasteiger charge is 2.29. The first kappa shape index (κ1) is 22.6. The molecule has 1 aliphatic carbocycles. The smallest absolute Gasteiger partial charge is 0.225 e. The Labute approximate surface area is 183 Å². The number of hydrogen-bond donors (Lipinski definition) is 0. The van der Waals surface area contributed by atoms with Crippen molar-refractivity contribution in [3.05, 3.63) is 71.8 Å². The summed E-state index contributed by atoms with van der Waals surface area (Å²) in [5.41, 5.74) is 2.72. The van der Waals surface area contributed by atoms with E-state index < -0.39 is 0 Å². The molecule has 0 heterocycles. The van der Waals surface area contributed by atoms with Gasteiger partial charge in [0.2, 0.25) is 5.91 Å². The molecule has 0 bridgehead atoms. The van der Waals surface area contributed by atoms with E-state index in [9.17, 15) is 4.79 Å². The molecule has 162 valence electrons. The molecule has 0 radical (unpaired) electrons. The molecule has 2 aromatic rings. The molecule has 1 amide bonds. The van der Waals surface area contributed by atoms with Gasteiger partial charge in [-0.2, -0.15) is 0 Å². The van der Waals surface area contributed by atoms with Crippen molar-refractivity contribution in [1.82, 2.24) is 4.90 Å². The topological polar surface area (TPSA) is 20.3 Å². The van der Waals surface area contributed by atoms with E-state index in [-0.39, 0.29) is 0 Å². The number of hydrogen-bond acceptors (Lipinski definition) is 1. The van der Waals surface area contributed by atoms with Gasteiger partial charge >= 0.3 is 0 Å². The van der Waals surface area contributed by atoms with Crippen molar-refractivity contribution in [3.8, 4) is 0 Å². The molecule has 0 aromatic heterocycles. The first-order valence-electron chi connectivity index (χ1n) is 12.2. The molecule has 2 heteroatoms. The summed E-state index contributed by atoms with van der Waals surface area (Å²) in [7, 11) is 0. The summed E-state index contributed by atoms with van der Waals surface area (Å²) < 4.78 is 0. The Morgan fingerprint density at radius 2 is 1.23 bits per heavy atom. The lowest BCUT2D eigenvalue weighted by Crippen LogP contribution is -2.39. The van der Waals surface area contributed by atoms with Crippen molar-refractivity contribution < 1.29 is 4.79 Å². The predicted molar refractivity (Wildman–Crippen MR) is 126 cm³/mol. The Morgan fingerprint density at radius 1 is 0.700 bits per heavy atom. The summed E-state index contributed by atoms with van der Waals surface area (Å²) in [6.45, 7) is 1.69. The van der Waals surface area contributed by atoms with E-state index in [0.29, 0.717) is 11.8 Å². The first-order valence-corrected chi connectivity index (χ1v) is 12.2. The molecule has 2 aromatic carbocycles. The second-order valence-corrected chi connectivity index (χ2v) is 8.94. The van der Waals surface area contributed by atoms with Crippen molar-refractivity contribution in [3.63, 3.8) is 0 Å². The van der Waals surface area contributed by atoms with E-state index in [1.165, 1.54) is 68.9 Å². The van der Waals surface area contributed by atoms with Gasteiger partial charge in [-0.3, -0.25) is 4.79 Å². The van der Waals surface area contributed by atoms with Crippen LogP contribution in [0.25, 0.3) is 0 Å². The quantitative estimate of drug-likeness (QED) is 0.305. The molecule has 1 aliphatic rings. The van der Waals surface area contributed by atoms with Gasteiger partial charge < -0.3 is 4.90 Å². The highest BCUT2D eigenvalue weighted by atomic mass is 16.2. The average Bonchev–Trinajstić information content (AvgIpc) is 2.74. The van der Waals surface area contributed by atoms with Crippen LogP contribution in [0, 0.1) is 5.92 Å². The Balaban J connectivity index is 1.25. The van der Waals surface area contributed by atoms with E-state index in [4.69, 9.17) is 0 Å². The summed E-state index contributed by atoms with van der Waals surface area (Å²) in [4.78, 5) is 15.0. The number of carbonyl (C=O) groups excluding carboxylic acids is 1. The number of carbonyl (C=O) groups is 1. The van der Waals surface area contributed by atoms with Gasteiger partial charge in [-0.05, 0) is 43.2 Å². The number of unbranched alkanes of at least 4 members (excludes halogenated alkanes) is 7. The summed E-state index contributed by atoms with van der Waals surface area (Å²) in [5, 5.41) is 0. The lowest BCUT2D eigenvalue weighted by Gasteiger charge is -2.32. The third-order valence-corrected chi connectivity index (χ3v) is 6.47. The van der Waals surface area contributed by atoms with Gasteiger partial charge in [0.15, 0.2) is 0 Å². The van der Waals surface area contributed by atoms with Crippen LogP contribution in [0.3, 0.4) is 0 Å². The molecule has 0 N–H and O–H groups in total. The molecule has 1 saturated carbocycles. The van der Waals surface area contributed by atoms with Crippen molar-refractivity contribution in [2.45, 2.75) is 83.6 Å². The molecule has 3 rings (SSSR count). The Bertz CT molecular complexity index is 708. The van der Waals surface area contributed by atoms with Crippen LogP contribution in [0.1, 0.15) is 81.8 Å². The number of aryl methyl sites for hydroxylation is 1. The fourth-order valence-electron chi connectivity index (χ4n) is 4.32. The van der Waals surface area contributed by atoms with Crippen LogP contribution in [0.2, 0.25) is 0 Å². The van der Waals surface area contributed by atoms with Crippen LogP contribution in [-0.2, 0) is 17.8 Å². The van der Waals surface area contributed by atoms with E-state index in [2.05, 4.69) is 59.5 Å². The minimum Gasteiger partial charge on any atom is -0.338 e. The SMILES string of the molecule is O=C(C1CCC1)N(CCCCCCCCCCc1ccccc1)Cc1ccccc1. The normalized spacial score (nSPS) is 13.7. The van der Waals surface area contributed by atoms with Crippen molar-refractivity contribution in [2.24, 2.45) is 5.92 Å². The van der Waals surface area contributed by atoms with Gasteiger partial charge in [0, 0.05) is 19.0 Å². The lowest BCUT2D eigenvalue weighted by molar-refractivity contribution is -0.138. The van der Waals surface area contributed by atoms with Gasteiger partial charge in [-0.15, -0.1) is 0 Å². The maximum absolute atomic E-state index is 12.8. The first-order chi connectivity index (χ1) is 14.8. The summed E-state index contributed by atoms with van der Waals surface area (Å²) >= 11 is 0.